The SMILES string of the molecule is NC(=O)c1nn(CCO)c2c1CN(Cc1ccccc1)CC2. The van der Waals surface area contributed by atoms with Crippen LogP contribution in [-0.2, 0) is 26.1 Å². The van der Waals surface area contributed by atoms with Crippen molar-refractivity contribution in [3.05, 3.63) is 52.8 Å². The Morgan fingerprint density at radius 3 is 2.77 bits per heavy atom. The molecule has 0 radical (unpaired) electrons. The van der Waals surface area contributed by atoms with Gasteiger partial charge in [0.1, 0.15) is 0 Å². The molecule has 6 heteroatoms. The summed E-state index contributed by atoms with van der Waals surface area (Å²) in [6, 6.07) is 10.2. The van der Waals surface area contributed by atoms with Gasteiger partial charge in [0, 0.05) is 37.3 Å². The van der Waals surface area contributed by atoms with E-state index in [0.717, 1.165) is 30.8 Å². The zero-order valence-electron chi connectivity index (χ0n) is 12.4. The van der Waals surface area contributed by atoms with Gasteiger partial charge in [0.15, 0.2) is 5.69 Å². The first-order chi connectivity index (χ1) is 10.7. The quantitative estimate of drug-likeness (QED) is 0.844. The van der Waals surface area contributed by atoms with E-state index < -0.39 is 5.91 Å². The molecule has 22 heavy (non-hydrogen) atoms. The molecule has 0 aliphatic carbocycles. The van der Waals surface area contributed by atoms with E-state index in [-0.39, 0.29) is 6.61 Å². The summed E-state index contributed by atoms with van der Waals surface area (Å²) >= 11 is 0. The fraction of sp³-hybridized carbons (Fsp3) is 0.375. The Morgan fingerprint density at radius 1 is 1.32 bits per heavy atom. The van der Waals surface area contributed by atoms with Crippen LogP contribution in [0.1, 0.15) is 27.3 Å². The number of nitrogens with zero attached hydrogens (tertiary/aromatic N) is 3. The van der Waals surface area contributed by atoms with Gasteiger partial charge in [-0.1, -0.05) is 30.3 Å². The molecule has 3 rings (SSSR count). The highest BCUT2D eigenvalue weighted by Crippen LogP contribution is 2.23. The average Bonchev–Trinajstić information content (AvgIpc) is 2.87. The fourth-order valence-electron chi connectivity index (χ4n) is 3.00. The maximum atomic E-state index is 11.6. The monoisotopic (exact) mass is 300 g/mol. The Bertz CT molecular complexity index is 666. The number of amides is 1. The van der Waals surface area contributed by atoms with Gasteiger partial charge in [-0.25, -0.2) is 0 Å². The Balaban J connectivity index is 1.83. The van der Waals surface area contributed by atoms with Crippen LogP contribution in [0.5, 0.6) is 0 Å². The van der Waals surface area contributed by atoms with Crippen molar-refractivity contribution >= 4 is 5.91 Å². The number of nitrogens with two attached hydrogens (primary N) is 1. The lowest BCUT2D eigenvalue weighted by atomic mass is 10.0. The minimum Gasteiger partial charge on any atom is -0.394 e. The van der Waals surface area contributed by atoms with Crippen LogP contribution in [-0.4, -0.2) is 38.8 Å². The van der Waals surface area contributed by atoms with Crippen molar-refractivity contribution < 1.29 is 9.90 Å². The largest absolute Gasteiger partial charge is 0.394 e. The summed E-state index contributed by atoms with van der Waals surface area (Å²) in [7, 11) is 0. The van der Waals surface area contributed by atoms with Crippen LogP contribution in [0.15, 0.2) is 30.3 Å². The third-order valence-electron chi connectivity index (χ3n) is 4.01. The summed E-state index contributed by atoms with van der Waals surface area (Å²) in [5.41, 5.74) is 8.95. The van der Waals surface area contributed by atoms with Crippen molar-refractivity contribution in [2.45, 2.75) is 26.1 Å². The molecule has 1 aromatic heterocycles. The number of aromatic nitrogens is 2. The molecule has 0 saturated heterocycles. The predicted molar refractivity (Wildman–Crippen MR) is 82.1 cm³/mol. The number of aliphatic hydroxyl groups excluding tert-OH is 1. The van der Waals surface area contributed by atoms with Gasteiger partial charge in [-0.2, -0.15) is 5.10 Å². The summed E-state index contributed by atoms with van der Waals surface area (Å²) in [5, 5.41) is 13.4. The number of carbonyl (C=O) groups excluding carboxylic acids is 1. The van der Waals surface area contributed by atoms with Gasteiger partial charge in [0.05, 0.1) is 13.2 Å². The average molecular weight is 300 g/mol. The van der Waals surface area contributed by atoms with Crippen LogP contribution in [0.4, 0.5) is 0 Å². The van der Waals surface area contributed by atoms with Gasteiger partial charge in [-0.05, 0) is 5.56 Å². The van der Waals surface area contributed by atoms with Crippen molar-refractivity contribution in [1.29, 1.82) is 0 Å². The highest BCUT2D eigenvalue weighted by Gasteiger charge is 2.26. The Hall–Kier alpha value is -2.18. The third-order valence-corrected chi connectivity index (χ3v) is 4.01. The van der Waals surface area contributed by atoms with E-state index in [0.29, 0.717) is 18.8 Å². The second kappa shape index (κ2) is 6.29. The molecule has 0 atom stereocenters. The van der Waals surface area contributed by atoms with Crippen LogP contribution >= 0.6 is 0 Å². The normalized spacial score (nSPS) is 14.8. The Kier molecular flexibility index (Phi) is 4.22. The van der Waals surface area contributed by atoms with Crippen LogP contribution in [0, 0.1) is 0 Å². The molecule has 1 amide bonds. The molecule has 1 aromatic carbocycles. The lowest BCUT2D eigenvalue weighted by Gasteiger charge is -2.27. The molecule has 116 valence electrons. The molecule has 2 heterocycles. The first kappa shape index (κ1) is 14.7. The molecule has 3 N–H and O–H groups in total. The second-order valence-corrected chi connectivity index (χ2v) is 5.53. The van der Waals surface area contributed by atoms with E-state index in [1.165, 1.54) is 5.56 Å². The number of primary amides is 1. The zero-order valence-corrected chi connectivity index (χ0v) is 12.4. The van der Waals surface area contributed by atoms with Crippen molar-refractivity contribution in [2.75, 3.05) is 13.2 Å². The van der Waals surface area contributed by atoms with Crippen molar-refractivity contribution in [1.82, 2.24) is 14.7 Å². The number of aliphatic hydroxyl groups is 1. The van der Waals surface area contributed by atoms with Gasteiger partial charge in [-0.15, -0.1) is 0 Å². The Morgan fingerprint density at radius 2 is 2.09 bits per heavy atom. The standard InChI is InChI=1S/C16H20N4O2/c17-16(22)15-13-11-19(10-12-4-2-1-3-5-12)7-6-14(13)20(18-15)8-9-21/h1-5,21H,6-11H2,(H2,17,22). The number of fused-ring (bicyclic) bond motifs is 1. The minimum absolute atomic E-state index is 0.0000511. The molecule has 0 saturated carbocycles. The molecule has 1 aliphatic rings. The molecular weight excluding hydrogens is 280 g/mol. The smallest absolute Gasteiger partial charge is 0.269 e. The van der Waals surface area contributed by atoms with Gasteiger partial charge in [0.25, 0.3) is 5.91 Å². The lowest BCUT2D eigenvalue weighted by molar-refractivity contribution is 0.0992. The molecule has 0 fully saturated rings. The summed E-state index contributed by atoms with van der Waals surface area (Å²) in [6.45, 7) is 2.79. The molecule has 0 unspecified atom stereocenters. The van der Waals surface area contributed by atoms with Crippen LogP contribution in [0.25, 0.3) is 0 Å². The predicted octanol–water partition coefficient (Wildman–Crippen LogP) is 0.533. The molecule has 0 spiro atoms. The van der Waals surface area contributed by atoms with Crippen molar-refractivity contribution in [3.63, 3.8) is 0 Å². The third kappa shape index (κ3) is 2.88. The topological polar surface area (TPSA) is 84.4 Å². The van der Waals surface area contributed by atoms with Crippen molar-refractivity contribution in [3.8, 4) is 0 Å². The van der Waals surface area contributed by atoms with E-state index in [1.54, 1.807) is 4.68 Å². The fourth-order valence-corrected chi connectivity index (χ4v) is 3.00. The number of hydrogen-bond donors (Lipinski definition) is 2. The molecule has 1 aliphatic heterocycles. The number of hydrogen-bond acceptors (Lipinski definition) is 4. The lowest BCUT2D eigenvalue weighted by Crippen LogP contribution is -2.31. The summed E-state index contributed by atoms with van der Waals surface area (Å²) in [4.78, 5) is 13.9. The van der Waals surface area contributed by atoms with Crippen LogP contribution in [0.2, 0.25) is 0 Å². The number of rotatable bonds is 5. The van der Waals surface area contributed by atoms with Crippen molar-refractivity contribution in [2.24, 2.45) is 5.73 Å². The second-order valence-electron chi connectivity index (χ2n) is 5.53. The van der Waals surface area contributed by atoms with Gasteiger partial charge >= 0.3 is 0 Å². The minimum atomic E-state index is -0.505. The zero-order chi connectivity index (χ0) is 15.5. The maximum Gasteiger partial charge on any atom is 0.269 e. The number of benzene rings is 1. The molecule has 0 bridgehead atoms. The first-order valence-electron chi connectivity index (χ1n) is 7.44. The van der Waals surface area contributed by atoms with Gasteiger partial charge < -0.3 is 10.8 Å². The van der Waals surface area contributed by atoms with Gasteiger partial charge in [0.2, 0.25) is 0 Å². The van der Waals surface area contributed by atoms with E-state index in [1.807, 2.05) is 18.2 Å². The van der Waals surface area contributed by atoms with E-state index in [4.69, 9.17) is 10.8 Å². The van der Waals surface area contributed by atoms with E-state index in [9.17, 15) is 4.79 Å². The van der Waals surface area contributed by atoms with Gasteiger partial charge in [-0.3, -0.25) is 14.4 Å². The molecule has 6 nitrogen and oxygen atoms in total. The number of carbonyl (C=O) groups is 1. The first-order valence-corrected chi connectivity index (χ1v) is 7.44. The summed E-state index contributed by atoms with van der Waals surface area (Å²) in [6.07, 6.45) is 0.808. The Labute approximate surface area is 129 Å². The van der Waals surface area contributed by atoms with E-state index in [2.05, 4.69) is 22.1 Å². The van der Waals surface area contributed by atoms with Crippen LogP contribution in [0.3, 0.4) is 0 Å². The molecule has 2 aromatic rings. The summed E-state index contributed by atoms with van der Waals surface area (Å²) in [5.74, 6) is -0.505. The van der Waals surface area contributed by atoms with E-state index >= 15 is 0 Å². The van der Waals surface area contributed by atoms with Crippen LogP contribution < -0.4 is 5.73 Å². The summed E-state index contributed by atoms with van der Waals surface area (Å²) < 4.78 is 1.72. The maximum absolute atomic E-state index is 11.6. The highest BCUT2D eigenvalue weighted by molar-refractivity contribution is 5.92. The highest BCUT2D eigenvalue weighted by atomic mass is 16.3. The molecular formula is C16H20N4O2.